The summed E-state index contributed by atoms with van der Waals surface area (Å²) in [4.78, 5) is 18.9. The van der Waals surface area contributed by atoms with Gasteiger partial charge in [0.25, 0.3) is 5.89 Å². The van der Waals surface area contributed by atoms with Crippen LogP contribution in [0.2, 0.25) is 0 Å². The maximum absolute atomic E-state index is 10.9. The highest BCUT2D eigenvalue weighted by molar-refractivity contribution is 5.88. The predicted octanol–water partition coefficient (Wildman–Crippen LogP) is 1.62. The lowest BCUT2D eigenvalue weighted by atomic mass is 10.3. The van der Waals surface area contributed by atoms with E-state index in [-0.39, 0.29) is 18.1 Å². The van der Waals surface area contributed by atoms with Gasteiger partial charge in [-0.2, -0.15) is 4.98 Å². The number of hydrogen-bond donors (Lipinski definition) is 1. The zero-order chi connectivity index (χ0) is 13.2. The van der Waals surface area contributed by atoms with Crippen molar-refractivity contribution < 1.29 is 19.2 Å². The van der Waals surface area contributed by atoms with Crippen LogP contribution in [0, 0.1) is 0 Å². The minimum Gasteiger partial charge on any atom is -0.481 e. The molecule has 0 radical (unpaired) electrons. The molecule has 1 N–H and O–H groups in total. The molecule has 2 aromatic heterocycles. The average Bonchev–Trinajstić information content (AvgIpc) is 3.16. The van der Waals surface area contributed by atoms with Crippen LogP contribution in [0.3, 0.4) is 0 Å². The molecule has 0 saturated heterocycles. The fourth-order valence-corrected chi connectivity index (χ4v) is 1.64. The van der Waals surface area contributed by atoms with Crippen LogP contribution in [0.25, 0.3) is 0 Å². The fraction of sp³-hybridized carbons (Fsp3) is 0.333. The van der Waals surface area contributed by atoms with E-state index in [1.165, 1.54) is 12.3 Å². The van der Waals surface area contributed by atoms with Crippen molar-refractivity contribution in [3.8, 4) is 5.75 Å². The fourth-order valence-electron chi connectivity index (χ4n) is 1.64. The summed E-state index contributed by atoms with van der Waals surface area (Å²) in [6.45, 7) is 0.0334. The molecule has 1 aliphatic rings. The van der Waals surface area contributed by atoms with Gasteiger partial charge in [-0.1, -0.05) is 5.16 Å². The molecule has 0 aliphatic heterocycles. The molecule has 98 valence electrons. The molecule has 0 unspecified atom stereocenters. The molecule has 2 aromatic rings. The van der Waals surface area contributed by atoms with Crippen molar-refractivity contribution in [1.29, 1.82) is 0 Å². The monoisotopic (exact) mass is 261 g/mol. The first-order valence-electron chi connectivity index (χ1n) is 5.87. The summed E-state index contributed by atoms with van der Waals surface area (Å²) in [6, 6.07) is 3.14. The van der Waals surface area contributed by atoms with Gasteiger partial charge in [0.2, 0.25) is 0 Å². The molecule has 0 aromatic carbocycles. The van der Waals surface area contributed by atoms with E-state index in [4.69, 9.17) is 14.4 Å². The Morgan fingerprint density at radius 2 is 2.37 bits per heavy atom. The molecule has 1 aliphatic carbocycles. The lowest BCUT2D eigenvalue weighted by Gasteiger charge is -2.05. The smallest absolute Gasteiger partial charge is 0.358 e. The highest BCUT2D eigenvalue weighted by Crippen LogP contribution is 2.38. The van der Waals surface area contributed by atoms with E-state index in [0.717, 1.165) is 12.8 Å². The van der Waals surface area contributed by atoms with Crippen LogP contribution >= 0.6 is 0 Å². The zero-order valence-corrected chi connectivity index (χ0v) is 9.94. The molecule has 0 spiro atoms. The Bertz CT molecular complexity index is 607. The van der Waals surface area contributed by atoms with E-state index in [2.05, 4.69) is 15.1 Å². The normalized spacial score (nSPS) is 14.3. The molecule has 19 heavy (non-hydrogen) atoms. The molecule has 3 rings (SSSR count). The van der Waals surface area contributed by atoms with Gasteiger partial charge >= 0.3 is 5.97 Å². The van der Waals surface area contributed by atoms with Crippen molar-refractivity contribution in [3.63, 3.8) is 0 Å². The van der Waals surface area contributed by atoms with Crippen LogP contribution < -0.4 is 4.74 Å². The van der Waals surface area contributed by atoms with Gasteiger partial charge in [-0.25, -0.2) is 9.78 Å². The van der Waals surface area contributed by atoms with Gasteiger partial charge in [0, 0.05) is 12.1 Å². The third kappa shape index (κ3) is 2.54. The second kappa shape index (κ2) is 4.68. The van der Waals surface area contributed by atoms with Crippen molar-refractivity contribution in [2.75, 3.05) is 0 Å². The Labute approximate surface area is 108 Å². The van der Waals surface area contributed by atoms with Crippen molar-refractivity contribution in [3.05, 3.63) is 35.7 Å². The number of carboxylic acid groups (broad SMARTS) is 1. The van der Waals surface area contributed by atoms with E-state index >= 15 is 0 Å². The number of ether oxygens (including phenoxy) is 1. The molecule has 7 nitrogen and oxygen atoms in total. The highest BCUT2D eigenvalue weighted by atomic mass is 16.5. The van der Waals surface area contributed by atoms with Gasteiger partial charge in [0.05, 0.1) is 0 Å². The van der Waals surface area contributed by atoms with Crippen molar-refractivity contribution in [2.24, 2.45) is 0 Å². The summed E-state index contributed by atoms with van der Waals surface area (Å²) in [7, 11) is 0. The molecule has 0 atom stereocenters. The number of carbonyl (C=O) groups is 1. The first kappa shape index (κ1) is 11.6. The highest BCUT2D eigenvalue weighted by Gasteiger charge is 2.28. The molecule has 2 heterocycles. The third-order valence-corrected chi connectivity index (χ3v) is 2.75. The minimum absolute atomic E-state index is 0.0334. The van der Waals surface area contributed by atoms with E-state index in [9.17, 15) is 4.79 Å². The van der Waals surface area contributed by atoms with Crippen LogP contribution in [0.15, 0.2) is 22.9 Å². The van der Waals surface area contributed by atoms with Gasteiger partial charge in [-0.05, 0) is 25.0 Å². The Hall–Kier alpha value is -2.44. The second-order valence-electron chi connectivity index (χ2n) is 4.26. The van der Waals surface area contributed by atoms with Crippen LogP contribution in [0.5, 0.6) is 5.75 Å². The number of hydrogen-bond acceptors (Lipinski definition) is 6. The molecule has 7 heteroatoms. The molecular formula is C12H11N3O4. The first-order chi connectivity index (χ1) is 9.24. The molecule has 0 amide bonds. The van der Waals surface area contributed by atoms with Gasteiger partial charge < -0.3 is 14.4 Å². The van der Waals surface area contributed by atoms with Gasteiger partial charge in [0.15, 0.2) is 23.9 Å². The summed E-state index contributed by atoms with van der Waals surface area (Å²) in [5, 5.41) is 12.8. The molecule has 1 fully saturated rings. The lowest BCUT2D eigenvalue weighted by Crippen LogP contribution is -2.05. The topological polar surface area (TPSA) is 98.3 Å². The van der Waals surface area contributed by atoms with E-state index in [0.29, 0.717) is 17.6 Å². The number of nitrogens with zero attached hydrogens (tertiary/aromatic N) is 3. The maximum Gasteiger partial charge on any atom is 0.358 e. The number of carboxylic acids is 1. The van der Waals surface area contributed by atoms with Crippen LogP contribution in [-0.2, 0) is 6.61 Å². The number of pyridine rings is 1. The molecule has 1 saturated carbocycles. The summed E-state index contributed by atoms with van der Waals surface area (Å²) < 4.78 is 10.4. The summed E-state index contributed by atoms with van der Waals surface area (Å²) in [6.07, 6.45) is 3.57. The van der Waals surface area contributed by atoms with Crippen LogP contribution in [0.1, 0.15) is 41.0 Å². The van der Waals surface area contributed by atoms with E-state index < -0.39 is 5.97 Å². The standard InChI is InChI=1S/C12H11N3O4/c16-12(17)10-8(2-1-5-13-10)18-6-9-14-11(15-19-9)7-3-4-7/h1-2,5,7H,3-4,6H2,(H,16,17). The number of aromatic nitrogens is 3. The third-order valence-electron chi connectivity index (χ3n) is 2.75. The van der Waals surface area contributed by atoms with Crippen LogP contribution in [-0.4, -0.2) is 26.2 Å². The van der Waals surface area contributed by atoms with Crippen LogP contribution in [0.4, 0.5) is 0 Å². The van der Waals surface area contributed by atoms with Crippen molar-refractivity contribution in [2.45, 2.75) is 25.4 Å². The molecule has 0 bridgehead atoms. The van der Waals surface area contributed by atoms with Gasteiger partial charge in [-0.3, -0.25) is 0 Å². The van der Waals surface area contributed by atoms with Crippen molar-refractivity contribution >= 4 is 5.97 Å². The Morgan fingerprint density at radius 3 is 3.11 bits per heavy atom. The Morgan fingerprint density at radius 1 is 1.53 bits per heavy atom. The van der Waals surface area contributed by atoms with E-state index in [1.807, 2.05) is 0 Å². The minimum atomic E-state index is -1.14. The van der Waals surface area contributed by atoms with Gasteiger partial charge in [-0.15, -0.1) is 0 Å². The SMILES string of the molecule is O=C(O)c1ncccc1OCc1nc(C2CC2)no1. The van der Waals surface area contributed by atoms with Crippen molar-refractivity contribution in [1.82, 2.24) is 15.1 Å². The Balaban J connectivity index is 1.69. The first-order valence-corrected chi connectivity index (χ1v) is 5.87. The van der Waals surface area contributed by atoms with Gasteiger partial charge in [0.1, 0.15) is 0 Å². The summed E-state index contributed by atoms with van der Waals surface area (Å²) >= 11 is 0. The summed E-state index contributed by atoms with van der Waals surface area (Å²) in [5.41, 5.74) is -0.135. The largest absolute Gasteiger partial charge is 0.481 e. The second-order valence-corrected chi connectivity index (χ2v) is 4.26. The lowest BCUT2D eigenvalue weighted by molar-refractivity contribution is 0.0684. The maximum atomic E-state index is 10.9. The van der Waals surface area contributed by atoms with E-state index in [1.54, 1.807) is 6.07 Å². The quantitative estimate of drug-likeness (QED) is 0.872. The summed E-state index contributed by atoms with van der Waals surface area (Å²) in [5.74, 6) is 0.483. The predicted molar refractivity (Wildman–Crippen MR) is 61.8 cm³/mol. The molecular weight excluding hydrogens is 250 g/mol. The Kier molecular flexibility index (Phi) is 2.86. The number of aromatic carboxylic acids is 1. The number of rotatable bonds is 5. The average molecular weight is 261 g/mol. The zero-order valence-electron chi connectivity index (χ0n) is 9.94.